The van der Waals surface area contributed by atoms with Crippen LogP contribution in [-0.4, -0.2) is 12.6 Å². The number of esters is 1. The average Bonchev–Trinajstić information content (AvgIpc) is 2.51. The van der Waals surface area contributed by atoms with Crippen molar-refractivity contribution in [1.82, 2.24) is 0 Å². The Kier molecular flexibility index (Phi) is 5.25. The molecule has 0 unspecified atom stereocenters. The molecule has 0 atom stereocenters. The number of carbonyl (C=O) groups excluding carboxylic acids is 1. The fourth-order valence-electron chi connectivity index (χ4n) is 1.99. The molecule has 0 amide bonds. The quantitative estimate of drug-likeness (QED) is 0.717. The Bertz CT molecular complexity index is 844. The minimum absolute atomic E-state index is 0.0983. The lowest BCUT2D eigenvalue weighted by Gasteiger charge is -2.14. The van der Waals surface area contributed by atoms with Crippen LogP contribution in [0.4, 0.5) is 13.2 Å². The first kappa shape index (κ1) is 18.4. The van der Waals surface area contributed by atoms with Gasteiger partial charge in [-0.05, 0) is 24.6 Å². The molecule has 9 heteroatoms. The summed E-state index contributed by atoms with van der Waals surface area (Å²) in [6.07, 6.45) is -4.74. The van der Waals surface area contributed by atoms with Crippen molar-refractivity contribution < 1.29 is 27.1 Å². The van der Waals surface area contributed by atoms with Crippen LogP contribution >= 0.6 is 23.2 Å². The van der Waals surface area contributed by atoms with Gasteiger partial charge in [0.15, 0.2) is 11.3 Å². The van der Waals surface area contributed by atoms with E-state index in [0.717, 1.165) is 18.2 Å². The van der Waals surface area contributed by atoms with Crippen molar-refractivity contribution in [2.24, 2.45) is 0 Å². The summed E-state index contributed by atoms with van der Waals surface area (Å²) in [4.78, 5) is 24.2. The van der Waals surface area contributed by atoms with E-state index in [1.54, 1.807) is 0 Å². The second-order valence-corrected chi connectivity index (χ2v) is 5.21. The standard InChI is InChI=1S/C15H9Cl2F3O4/c1-2-23-14(22)9-11(21)10(16)13(17)24-12(9)7-5-3-4-6-8(7)15(18,19)20/h3-6H,2H2,1H3. The maximum Gasteiger partial charge on any atom is 0.417 e. The third-order valence-corrected chi connectivity index (χ3v) is 3.68. The van der Waals surface area contributed by atoms with Crippen LogP contribution in [0.5, 0.6) is 0 Å². The van der Waals surface area contributed by atoms with E-state index in [9.17, 15) is 22.8 Å². The van der Waals surface area contributed by atoms with E-state index in [1.165, 1.54) is 13.0 Å². The zero-order valence-corrected chi connectivity index (χ0v) is 13.6. The highest BCUT2D eigenvalue weighted by Crippen LogP contribution is 2.39. The van der Waals surface area contributed by atoms with Crippen LogP contribution in [0.15, 0.2) is 33.5 Å². The minimum Gasteiger partial charge on any atom is -0.462 e. The fraction of sp³-hybridized carbons (Fsp3) is 0.200. The average molecular weight is 381 g/mol. The molecule has 0 spiro atoms. The second-order valence-electron chi connectivity index (χ2n) is 4.49. The molecule has 0 fully saturated rings. The van der Waals surface area contributed by atoms with Crippen molar-refractivity contribution in [3.8, 4) is 11.3 Å². The third-order valence-electron chi connectivity index (χ3n) is 2.97. The Balaban J connectivity index is 2.86. The summed E-state index contributed by atoms with van der Waals surface area (Å²) in [6.45, 7) is 1.37. The molecule has 2 aromatic rings. The van der Waals surface area contributed by atoms with Gasteiger partial charge in [0, 0.05) is 5.56 Å². The first-order chi connectivity index (χ1) is 11.2. The topological polar surface area (TPSA) is 56.5 Å². The number of halogens is 5. The summed E-state index contributed by atoms with van der Waals surface area (Å²) in [7, 11) is 0. The molecule has 0 bridgehead atoms. The Morgan fingerprint density at radius 2 is 1.88 bits per heavy atom. The van der Waals surface area contributed by atoms with E-state index >= 15 is 0 Å². The molecule has 24 heavy (non-hydrogen) atoms. The lowest BCUT2D eigenvalue weighted by atomic mass is 10.0. The van der Waals surface area contributed by atoms with E-state index in [2.05, 4.69) is 0 Å². The molecule has 0 saturated heterocycles. The Morgan fingerprint density at radius 3 is 2.46 bits per heavy atom. The van der Waals surface area contributed by atoms with Crippen LogP contribution in [0.3, 0.4) is 0 Å². The van der Waals surface area contributed by atoms with Crippen LogP contribution in [0.25, 0.3) is 11.3 Å². The molecule has 1 heterocycles. The molecule has 0 aliphatic heterocycles. The number of hydrogen-bond donors (Lipinski definition) is 0. The van der Waals surface area contributed by atoms with Gasteiger partial charge in [0.2, 0.25) is 10.6 Å². The first-order valence-electron chi connectivity index (χ1n) is 6.54. The van der Waals surface area contributed by atoms with Gasteiger partial charge in [-0.3, -0.25) is 4.79 Å². The van der Waals surface area contributed by atoms with Crippen molar-refractivity contribution >= 4 is 29.2 Å². The smallest absolute Gasteiger partial charge is 0.417 e. The van der Waals surface area contributed by atoms with Crippen molar-refractivity contribution in [3.05, 3.63) is 55.9 Å². The van der Waals surface area contributed by atoms with Gasteiger partial charge >= 0.3 is 12.1 Å². The highest BCUT2D eigenvalue weighted by Gasteiger charge is 2.36. The molecule has 0 aliphatic carbocycles. The third kappa shape index (κ3) is 3.42. The summed E-state index contributed by atoms with van der Waals surface area (Å²) in [5, 5.41) is -1.24. The van der Waals surface area contributed by atoms with Gasteiger partial charge in [-0.1, -0.05) is 29.8 Å². The summed E-state index contributed by atoms with van der Waals surface area (Å²) in [5.41, 5.74) is -3.44. The zero-order chi connectivity index (χ0) is 18.1. The van der Waals surface area contributed by atoms with Gasteiger partial charge in [-0.25, -0.2) is 4.79 Å². The maximum absolute atomic E-state index is 13.2. The molecule has 128 valence electrons. The molecule has 0 aliphatic rings. The van der Waals surface area contributed by atoms with Crippen molar-refractivity contribution in [2.45, 2.75) is 13.1 Å². The van der Waals surface area contributed by atoms with E-state index in [4.69, 9.17) is 32.4 Å². The number of carbonyl (C=O) groups is 1. The molecule has 1 aromatic heterocycles. The highest BCUT2D eigenvalue weighted by molar-refractivity contribution is 6.41. The van der Waals surface area contributed by atoms with E-state index in [-0.39, 0.29) is 6.61 Å². The highest BCUT2D eigenvalue weighted by atomic mass is 35.5. The largest absolute Gasteiger partial charge is 0.462 e. The number of alkyl halides is 3. The van der Waals surface area contributed by atoms with E-state index in [1.807, 2.05) is 0 Å². The van der Waals surface area contributed by atoms with Crippen molar-refractivity contribution in [3.63, 3.8) is 0 Å². The lowest BCUT2D eigenvalue weighted by Crippen LogP contribution is -2.20. The lowest BCUT2D eigenvalue weighted by molar-refractivity contribution is -0.137. The number of benzene rings is 1. The molecule has 1 aromatic carbocycles. The molecular weight excluding hydrogens is 372 g/mol. The molecule has 2 rings (SSSR count). The van der Waals surface area contributed by atoms with Crippen LogP contribution in [0.1, 0.15) is 22.8 Å². The number of ether oxygens (including phenoxy) is 1. The van der Waals surface area contributed by atoms with Crippen LogP contribution in [-0.2, 0) is 10.9 Å². The summed E-state index contributed by atoms with van der Waals surface area (Å²) >= 11 is 11.3. The fourth-order valence-corrected chi connectivity index (χ4v) is 2.29. The number of rotatable bonds is 3. The van der Waals surface area contributed by atoms with Crippen molar-refractivity contribution in [1.29, 1.82) is 0 Å². The molecule has 0 N–H and O–H groups in total. The van der Waals surface area contributed by atoms with Gasteiger partial charge in [-0.2, -0.15) is 13.2 Å². The molecule has 0 saturated carbocycles. The predicted molar refractivity (Wildman–Crippen MR) is 81.4 cm³/mol. The normalized spacial score (nSPS) is 11.4. The first-order valence-corrected chi connectivity index (χ1v) is 7.29. The maximum atomic E-state index is 13.2. The van der Waals surface area contributed by atoms with E-state index in [0.29, 0.717) is 0 Å². The van der Waals surface area contributed by atoms with Crippen LogP contribution < -0.4 is 5.43 Å². The SMILES string of the molecule is CCOC(=O)c1c(-c2ccccc2C(F)(F)F)oc(Cl)c(Cl)c1=O. The molecule has 0 radical (unpaired) electrons. The Labute approximate surface area is 143 Å². The van der Waals surface area contributed by atoms with Gasteiger partial charge in [0.25, 0.3) is 0 Å². The molecule has 4 nitrogen and oxygen atoms in total. The second kappa shape index (κ2) is 6.86. The minimum atomic E-state index is -4.74. The summed E-state index contributed by atoms with van der Waals surface area (Å²) in [6, 6.07) is 4.29. The summed E-state index contributed by atoms with van der Waals surface area (Å²) in [5.74, 6) is -1.81. The zero-order valence-electron chi connectivity index (χ0n) is 12.0. The van der Waals surface area contributed by atoms with Crippen molar-refractivity contribution in [2.75, 3.05) is 6.61 Å². The van der Waals surface area contributed by atoms with Gasteiger partial charge in [0.05, 0.1) is 12.2 Å². The Morgan fingerprint density at radius 1 is 1.25 bits per heavy atom. The summed E-state index contributed by atoms with van der Waals surface area (Å²) < 4.78 is 49.4. The molecular formula is C15H9Cl2F3O4. The Hall–Kier alpha value is -1.99. The predicted octanol–water partition coefficient (Wildman–Crippen LogP) is 4.81. The van der Waals surface area contributed by atoms with Gasteiger partial charge < -0.3 is 9.15 Å². The van der Waals surface area contributed by atoms with Gasteiger partial charge in [-0.15, -0.1) is 0 Å². The number of hydrogen-bond acceptors (Lipinski definition) is 4. The van der Waals surface area contributed by atoms with Gasteiger partial charge in [0.1, 0.15) is 5.02 Å². The monoisotopic (exact) mass is 380 g/mol. The van der Waals surface area contributed by atoms with Crippen LogP contribution in [0, 0.1) is 0 Å². The van der Waals surface area contributed by atoms with E-state index < -0.39 is 50.3 Å². The van der Waals surface area contributed by atoms with Crippen LogP contribution in [0.2, 0.25) is 10.2 Å².